The number of unbranched alkanes of at least 4 members (excludes halogenated alkanes) is 1. The van der Waals surface area contributed by atoms with Crippen molar-refractivity contribution in [2.24, 2.45) is 0 Å². The largest absolute Gasteiger partial charge is 2.00 e. The summed E-state index contributed by atoms with van der Waals surface area (Å²) in [5, 5.41) is 1.55. The summed E-state index contributed by atoms with van der Waals surface area (Å²) >= 11 is -2.45. The molecule has 0 heterocycles. The van der Waals surface area contributed by atoms with Crippen LogP contribution in [-0.4, -0.2) is 23.1 Å². The third kappa shape index (κ3) is 4.19. The summed E-state index contributed by atoms with van der Waals surface area (Å²) in [4.78, 5) is 0. The third-order valence-corrected chi connectivity index (χ3v) is 32.6. The van der Waals surface area contributed by atoms with Crippen LogP contribution in [0.4, 0.5) is 0 Å². The molecule has 0 spiro atoms. The van der Waals surface area contributed by atoms with Gasteiger partial charge in [-0.15, -0.1) is 0 Å². The van der Waals surface area contributed by atoms with E-state index in [1.165, 1.54) is 12.8 Å². The maximum Gasteiger partial charge on any atom is 2.00 e. The summed E-state index contributed by atoms with van der Waals surface area (Å²) < 4.78 is 1.65. The summed E-state index contributed by atoms with van der Waals surface area (Å²) in [6.45, 7) is 25.1. The number of hydrogen-bond acceptors (Lipinski definition) is 0. The van der Waals surface area contributed by atoms with Crippen LogP contribution in [-0.2, 0) is 14.8 Å². The van der Waals surface area contributed by atoms with E-state index in [2.05, 4.69) is 69.2 Å². The average molecular weight is 318 g/mol. The molecule has 0 unspecified atom stereocenters. The second-order valence-corrected chi connectivity index (χ2v) is 30.4. The first kappa shape index (κ1) is 21.7. The van der Waals surface area contributed by atoms with E-state index in [4.69, 9.17) is 0 Å². The van der Waals surface area contributed by atoms with Crippen molar-refractivity contribution in [3.05, 3.63) is 0 Å². The van der Waals surface area contributed by atoms with E-state index in [9.17, 15) is 0 Å². The molecule has 0 aromatic heterocycles. The van der Waals surface area contributed by atoms with Crippen molar-refractivity contribution in [3.63, 3.8) is 0 Å². The first-order valence-corrected chi connectivity index (χ1v) is 14.3. The Balaban J connectivity index is 0. The minimum absolute atomic E-state index is 0. The van der Waals surface area contributed by atoms with E-state index in [1.54, 1.807) is 5.02 Å². The van der Waals surface area contributed by atoms with E-state index in [0.717, 1.165) is 0 Å². The molecule has 0 nitrogen and oxygen atoms in total. The molecule has 0 aromatic rings. The van der Waals surface area contributed by atoms with Gasteiger partial charge >= 0.3 is 137 Å². The summed E-state index contributed by atoms with van der Waals surface area (Å²) in [6, 6.07) is 0. The molecule has 0 saturated heterocycles. The fraction of sp³-hybridized carbons (Fsp3) is 1.00. The van der Waals surface area contributed by atoms with Gasteiger partial charge in [0.2, 0.25) is 0 Å². The zero-order valence-corrected chi connectivity index (χ0v) is 19.4. The average Bonchev–Trinajstić information content (AvgIpc) is 1.96. The van der Waals surface area contributed by atoms with Crippen LogP contribution in [0.2, 0.25) is 17.0 Å². The molecule has 0 fully saturated rings. The third-order valence-electron chi connectivity index (χ3n) is 6.57. The van der Waals surface area contributed by atoms with Gasteiger partial charge in [0.1, 0.15) is 0 Å². The van der Waals surface area contributed by atoms with Gasteiger partial charge in [-0.3, -0.25) is 0 Å². The van der Waals surface area contributed by atoms with Crippen molar-refractivity contribution in [3.8, 4) is 0 Å². The number of hydrogen-bond donors (Lipinski definition) is 0. The van der Waals surface area contributed by atoms with Crippen molar-refractivity contribution < 1.29 is 14.8 Å². The zero-order chi connectivity index (χ0) is 14.1. The second kappa shape index (κ2) is 6.90. The van der Waals surface area contributed by atoms with Crippen LogP contribution < -0.4 is 0 Å². The van der Waals surface area contributed by atoms with Gasteiger partial charge in [0.15, 0.2) is 0 Å². The monoisotopic (exact) mass is 316 g/mol. The SMILES string of the molecule is CCC[CH2][Zn-2]([C](C)(C)C)([C](C)(C)C)[C](C)(C)C.[Mg+2]. The molecule has 0 aliphatic heterocycles. The molecule has 0 atom stereocenters. The van der Waals surface area contributed by atoms with Crippen molar-refractivity contribution in [2.75, 3.05) is 0 Å². The molecule has 0 amide bonds. The Hall–Kier alpha value is 1.39. The predicted octanol–water partition coefficient (Wildman–Crippen LogP) is 6.63. The van der Waals surface area contributed by atoms with Crippen LogP contribution in [0, 0.1) is 0 Å². The summed E-state index contributed by atoms with van der Waals surface area (Å²) in [6.07, 6.45) is 2.79. The Bertz CT molecular complexity index is 201. The molecule has 0 aliphatic carbocycles. The van der Waals surface area contributed by atoms with E-state index in [-0.39, 0.29) is 23.1 Å². The van der Waals surface area contributed by atoms with Gasteiger partial charge in [-0.1, -0.05) is 0 Å². The quantitative estimate of drug-likeness (QED) is 0.512. The van der Waals surface area contributed by atoms with Gasteiger partial charge in [0, 0.05) is 0 Å². The van der Waals surface area contributed by atoms with Crippen LogP contribution in [0.25, 0.3) is 0 Å². The van der Waals surface area contributed by atoms with Crippen molar-refractivity contribution in [1.29, 1.82) is 0 Å². The normalized spacial score (nSPS) is 14.3. The molecular weight excluding hydrogens is 282 g/mol. The van der Waals surface area contributed by atoms with Crippen molar-refractivity contribution >= 4 is 23.1 Å². The fourth-order valence-electron chi connectivity index (χ4n) is 6.99. The Morgan fingerprint density at radius 2 is 0.944 bits per heavy atom. The Kier molecular flexibility index (Phi) is 8.31. The fourth-order valence-corrected chi connectivity index (χ4v) is 36.3. The van der Waals surface area contributed by atoms with E-state index in [1.807, 2.05) is 0 Å². The molecule has 0 aliphatic rings. The summed E-state index contributed by atoms with van der Waals surface area (Å²) in [5.41, 5.74) is 0. The number of rotatable bonds is 3. The van der Waals surface area contributed by atoms with E-state index >= 15 is 0 Å². The zero-order valence-electron chi connectivity index (χ0n) is 15.0. The molecule has 0 aromatic carbocycles. The van der Waals surface area contributed by atoms with Crippen LogP contribution in [0.3, 0.4) is 0 Å². The van der Waals surface area contributed by atoms with E-state index in [0.29, 0.717) is 12.0 Å². The molecule has 2 heteroatoms. The van der Waals surface area contributed by atoms with Crippen LogP contribution >= 0.6 is 0 Å². The van der Waals surface area contributed by atoms with Gasteiger partial charge < -0.3 is 0 Å². The Morgan fingerprint density at radius 1 is 0.667 bits per heavy atom. The molecule has 0 bridgehead atoms. The maximum atomic E-state index is 2.53. The van der Waals surface area contributed by atoms with Crippen molar-refractivity contribution in [2.45, 2.75) is 99.1 Å². The smallest absolute Gasteiger partial charge is 2.00 e. The Labute approximate surface area is 136 Å². The Morgan fingerprint density at radius 3 is 1.11 bits per heavy atom. The van der Waals surface area contributed by atoms with Gasteiger partial charge in [0.05, 0.1) is 0 Å². The van der Waals surface area contributed by atoms with Crippen molar-refractivity contribution in [1.82, 2.24) is 0 Å². The first-order valence-electron chi connectivity index (χ1n) is 7.77. The van der Waals surface area contributed by atoms with Gasteiger partial charge in [-0.2, -0.15) is 0 Å². The molecule has 0 saturated carbocycles. The summed E-state index contributed by atoms with van der Waals surface area (Å²) in [7, 11) is 0. The summed E-state index contributed by atoms with van der Waals surface area (Å²) in [5.74, 6) is 0. The topological polar surface area (TPSA) is 0 Å². The molecule has 104 valence electrons. The maximum absolute atomic E-state index is 2.53. The predicted molar refractivity (Wildman–Crippen MR) is 84.6 cm³/mol. The van der Waals surface area contributed by atoms with Gasteiger partial charge in [-0.25, -0.2) is 0 Å². The molecule has 0 N–H and O–H groups in total. The van der Waals surface area contributed by atoms with Gasteiger partial charge in [-0.05, 0) is 0 Å². The first-order chi connectivity index (χ1) is 7.31. The second-order valence-electron chi connectivity index (χ2n) is 10.2. The molecule has 0 radical (unpaired) electrons. The standard InChI is InChI=1S/4C4H9.Mg.Zn/c3*1-4(2)3;1-3-4-2;;/h3*1-3H3;1,3-4H2,2H3;;/q;;;;+2;-2. The van der Waals surface area contributed by atoms with Crippen LogP contribution in [0.15, 0.2) is 0 Å². The van der Waals surface area contributed by atoms with Crippen LogP contribution in [0.5, 0.6) is 0 Å². The minimum Gasteiger partial charge on any atom is 2.00 e. The molecule has 0 rings (SSSR count). The van der Waals surface area contributed by atoms with E-state index < -0.39 is 14.8 Å². The molecule has 18 heavy (non-hydrogen) atoms. The van der Waals surface area contributed by atoms with Crippen LogP contribution in [0.1, 0.15) is 82.1 Å². The minimum atomic E-state index is -2.45. The molecular formula is C16H36MgZn. The van der Waals surface area contributed by atoms with Gasteiger partial charge in [0.25, 0.3) is 0 Å².